The van der Waals surface area contributed by atoms with Crippen LogP contribution in [0.5, 0.6) is 0 Å². The van der Waals surface area contributed by atoms with E-state index in [0.29, 0.717) is 18.2 Å². The molecular formula is C12H17ClN2O3S. The third-order valence-electron chi connectivity index (χ3n) is 3.49. The number of aryl methyl sites for hydroxylation is 1. The molecule has 106 valence electrons. The fourth-order valence-electron chi connectivity index (χ4n) is 2.19. The fourth-order valence-corrected chi connectivity index (χ4v) is 2.95. The van der Waals surface area contributed by atoms with Gasteiger partial charge in [-0.05, 0) is 25.3 Å². The molecule has 19 heavy (non-hydrogen) atoms. The average Bonchev–Trinajstić information content (AvgIpc) is 2.91. The van der Waals surface area contributed by atoms with Crippen molar-refractivity contribution < 1.29 is 13.2 Å². The van der Waals surface area contributed by atoms with Crippen LogP contribution in [0.2, 0.25) is 0 Å². The minimum Gasteiger partial charge on any atom is -0.348 e. The van der Waals surface area contributed by atoms with Gasteiger partial charge in [-0.2, -0.15) is 0 Å². The number of nitrogens with zero attached hydrogens (tertiary/aromatic N) is 1. The summed E-state index contributed by atoms with van der Waals surface area (Å²) in [6.45, 7) is 4.44. The summed E-state index contributed by atoms with van der Waals surface area (Å²) in [6, 6.07) is 1.54. The number of aromatic nitrogens is 1. The Kier molecular flexibility index (Phi) is 3.92. The monoisotopic (exact) mass is 304 g/mol. The van der Waals surface area contributed by atoms with E-state index < -0.39 is 9.05 Å². The van der Waals surface area contributed by atoms with Crippen molar-refractivity contribution in [2.45, 2.75) is 44.2 Å². The Bertz CT molecular complexity index is 594. The largest absolute Gasteiger partial charge is 0.348 e. The zero-order valence-electron chi connectivity index (χ0n) is 10.9. The third kappa shape index (κ3) is 3.12. The minimum atomic E-state index is -3.80. The van der Waals surface area contributed by atoms with Crippen LogP contribution in [-0.2, 0) is 15.6 Å². The van der Waals surface area contributed by atoms with E-state index in [-0.39, 0.29) is 16.8 Å². The SMILES string of the molecule is CCC1CC1NC(=O)c1cc(S(=O)(=O)Cl)cn1CC. The quantitative estimate of drug-likeness (QED) is 0.846. The summed E-state index contributed by atoms with van der Waals surface area (Å²) in [7, 11) is 1.49. The Hall–Kier alpha value is -1.01. The van der Waals surface area contributed by atoms with Crippen LogP contribution in [0.3, 0.4) is 0 Å². The zero-order valence-corrected chi connectivity index (χ0v) is 12.5. The third-order valence-corrected chi connectivity index (χ3v) is 4.81. The number of hydrogen-bond donors (Lipinski definition) is 1. The van der Waals surface area contributed by atoms with E-state index >= 15 is 0 Å². The zero-order chi connectivity index (χ0) is 14.2. The van der Waals surface area contributed by atoms with Gasteiger partial charge in [-0.15, -0.1) is 0 Å². The van der Waals surface area contributed by atoms with Gasteiger partial charge in [0.2, 0.25) is 0 Å². The van der Waals surface area contributed by atoms with Crippen LogP contribution in [0.25, 0.3) is 0 Å². The van der Waals surface area contributed by atoms with E-state index in [1.54, 1.807) is 4.57 Å². The molecule has 7 heteroatoms. The molecule has 2 rings (SSSR count). The highest BCUT2D eigenvalue weighted by Gasteiger charge is 2.37. The molecule has 0 bridgehead atoms. The molecule has 1 aliphatic rings. The van der Waals surface area contributed by atoms with Crippen LogP contribution in [0.1, 0.15) is 37.2 Å². The number of rotatable bonds is 5. The van der Waals surface area contributed by atoms with Crippen molar-refractivity contribution in [3.8, 4) is 0 Å². The summed E-state index contributed by atoms with van der Waals surface area (Å²) in [5.41, 5.74) is 0.337. The van der Waals surface area contributed by atoms with Gasteiger partial charge >= 0.3 is 0 Å². The maximum absolute atomic E-state index is 12.1. The number of carbonyl (C=O) groups excluding carboxylic acids is 1. The normalized spacial score (nSPS) is 22.3. The van der Waals surface area contributed by atoms with Crippen LogP contribution >= 0.6 is 10.7 Å². The highest BCUT2D eigenvalue weighted by atomic mass is 35.7. The molecule has 1 aromatic heterocycles. The molecule has 2 atom stereocenters. The molecule has 0 radical (unpaired) electrons. The van der Waals surface area contributed by atoms with Crippen molar-refractivity contribution in [3.63, 3.8) is 0 Å². The number of carbonyl (C=O) groups is 1. The van der Waals surface area contributed by atoms with Gasteiger partial charge in [-0.25, -0.2) is 8.42 Å². The second-order valence-corrected chi connectivity index (χ2v) is 7.33. The molecule has 1 amide bonds. The molecule has 0 aromatic carbocycles. The second-order valence-electron chi connectivity index (χ2n) is 4.77. The van der Waals surface area contributed by atoms with Gasteiger partial charge in [-0.3, -0.25) is 4.79 Å². The number of nitrogens with one attached hydrogen (secondary N) is 1. The molecule has 1 heterocycles. The van der Waals surface area contributed by atoms with Crippen molar-refractivity contribution in [2.24, 2.45) is 5.92 Å². The summed E-state index contributed by atoms with van der Waals surface area (Å²) < 4.78 is 24.2. The topological polar surface area (TPSA) is 68.2 Å². The van der Waals surface area contributed by atoms with E-state index in [1.165, 1.54) is 12.3 Å². The van der Waals surface area contributed by atoms with Gasteiger partial charge in [0.1, 0.15) is 10.6 Å². The molecule has 1 aromatic rings. The van der Waals surface area contributed by atoms with Crippen molar-refractivity contribution in [2.75, 3.05) is 0 Å². The standard InChI is InChI=1S/C12H17ClN2O3S/c1-3-8-5-10(8)14-12(16)11-6-9(19(13,17)18)7-15(11)4-2/h6-8,10H,3-5H2,1-2H3,(H,14,16). The van der Waals surface area contributed by atoms with Gasteiger partial charge < -0.3 is 9.88 Å². The predicted octanol–water partition coefficient (Wildman–Crippen LogP) is 1.96. The molecule has 0 spiro atoms. The van der Waals surface area contributed by atoms with Gasteiger partial charge in [0.15, 0.2) is 0 Å². The molecule has 0 saturated heterocycles. The highest BCUT2D eigenvalue weighted by molar-refractivity contribution is 8.13. The molecular weight excluding hydrogens is 288 g/mol. The number of hydrogen-bond acceptors (Lipinski definition) is 3. The molecule has 1 N–H and O–H groups in total. The lowest BCUT2D eigenvalue weighted by molar-refractivity contribution is 0.0940. The number of halogens is 1. The van der Waals surface area contributed by atoms with Crippen molar-refractivity contribution in [1.29, 1.82) is 0 Å². The summed E-state index contributed by atoms with van der Waals surface area (Å²) in [5.74, 6) is 0.305. The van der Waals surface area contributed by atoms with Gasteiger partial charge in [-0.1, -0.05) is 13.3 Å². The highest BCUT2D eigenvalue weighted by Crippen LogP contribution is 2.33. The van der Waals surface area contributed by atoms with Gasteiger partial charge in [0.05, 0.1) is 0 Å². The van der Waals surface area contributed by atoms with E-state index in [2.05, 4.69) is 12.2 Å². The lowest BCUT2D eigenvalue weighted by atomic mass is 10.3. The van der Waals surface area contributed by atoms with E-state index in [4.69, 9.17) is 10.7 Å². The lowest BCUT2D eigenvalue weighted by Crippen LogP contribution is -2.28. The Morgan fingerprint density at radius 2 is 2.21 bits per heavy atom. The molecule has 0 aliphatic heterocycles. The predicted molar refractivity (Wildman–Crippen MR) is 72.8 cm³/mol. The summed E-state index contributed by atoms with van der Waals surface area (Å²) in [4.78, 5) is 12.1. The smallest absolute Gasteiger partial charge is 0.268 e. The van der Waals surface area contributed by atoms with E-state index in [9.17, 15) is 13.2 Å². The Labute approximate surface area is 117 Å². The number of amides is 1. The van der Waals surface area contributed by atoms with Crippen molar-refractivity contribution >= 4 is 25.6 Å². The first-order chi connectivity index (χ1) is 8.86. The maximum Gasteiger partial charge on any atom is 0.268 e. The van der Waals surface area contributed by atoms with Crippen LogP contribution < -0.4 is 5.32 Å². The molecule has 2 unspecified atom stereocenters. The first kappa shape index (κ1) is 14.4. The van der Waals surface area contributed by atoms with Crippen LogP contribution in [0.4, 0.5) is 0 Å². The van der Waals surface area contributed by atoms with E-state index in [0.717, 1.165) is 12.8 Å². The van der Waals surface area contributed by atoms with Crippen LogP contribution in [-0.4, -0.2) is 24.9 Å². The van der Waals surface area contributed by atoms with Gasteiger partial charge in [0.25, 0.3) is 15.0 Å². The molecule has 5 nitrogen and oxygen atoms in total. The lowest BCUT2D eigenvalue weighted by Gasteiger charge is -2.06. The Morgan fingerprint density at radius 1 is 1.53 bits per heavy atom. The molecule has 1 fully saturated rings. The maximum atomic E-state index is 12.1. The van der Waals surface area contributed by atoms with Crippen LogP contribution in [0.15, 0.2) is 17.2 Å². The minimum absolute atomic E-state index is 0.0380. The molecule has 1 aliphatic carbocycles. The van der Waals surface area contributed by atoms with Crippen molar-refractivity contribution in [3.05, 3.63) is 18.0 Å². The average molecular weight is 305 g/mol. The first-order valence-corrected chi connectivity index (χ1v) is 8.63. The summed E-state index contributed by atoms with van der Waals surface area (Å²) in [6.07, 6.45) is 3.43. The van der Waals surface area contributed by atoms with Gasteiger partial charge in [0, 0.05) is 29.5 Å². The second kappa shape index (κ2) is 5.17. The summed E-state index contributed by atoms with van der Waals surface area (Å²) in [5, 5.41) is 2.91. The van der Waals surface area contributed by atoms with Crippen molar-refractivity contribution in [1.82, 2.24) is 9.88 Å². The molecule has 1 saturated carbocycles. The first-order valence-electron chi connectivity index (χ1n) is 6.32. The fraction of sp³-hybridized carbons (Fsp3) is 0.583. The van der Waals surface area contributed by atoms with Crippen LogP contribution in [0, 0.1) is 5.92 Å². The Morgan fingerprint density at radius 3 is 2.68 bits per heavy atom. The van der Waals surface area contributed by atoms with E-state index in [1.807, 2.05) is 6.92 Å². The Balaban J connectivity index is 2.19. The summed E-state index contributed by atoms with van der Waals surface area (Å²) >= 11 is 0.